The number of hydrogen-bond acceptors (Lipinski definition) is 3. The Labute approximate surface area is 127 Å². The summed E-state index contributed by atoms with van der Waals surface area (Å²) in [5.74, 6) is 0. The summed E-state index contributed by atoms with van der Waals surface area (Å²) < 4.78 is 1.21. The van der Waals surface area contributed by atoms with E-state index < -0.39 is 0 Å². The maximum atomic E-state index is 6.26. The number of nitrogens with one attached hydrogen (secondary N) is 1. The maximum absolute atomic E-state index is 6.26. The van der Waals surface area contributed by atoms with Crippen molar-refractivity contribution < 1.29 is 0 Å². The zero-order chi connectivity index (χ0) is 14.1. The van der Waals surface area contributed by atoms with E-state index in [1.54, 1.807) is 11.3 Å². The number of fused-ring (bicyclic) bond motifs is 1. The smallest absolute Gasteiger partial charge is 0.0809 e. The molecule has 3 aromatic rings. The van der Waals surface area contributed by atoms with E-state index in [1.807, 2.05) is 31.3 Å². The first kappa shape index (κ1) is 13.4. The summed E-state index contributed by atoms with van der Waals surface area (Å²) in [4.78, 5) is 4.48. The summed E-state index contributed by atoms with van der Waals surface area (Å²) in [5.41, 5.74) is 4.34. The lowest BCUT2D eigenvalue weighted by molar-refractivity contribution is 0.880. The molecule has 0 saturated carbocycles. The number of anilines is 1. The van der Waals surface area contributed by atoms with Crippen molar-refractivity contribution in [2.45, 2.75) is 19.9 Å². The van der Waals surface area contributed by atoms with Gasteiger partial charge in [0.1, 0.15) is 0 Å². The zero-order valence-corrected chi connectivity index (χ0v) is 12.9. The van der Waals surface area contributed by atoms with Gasteiger partial charge in [0.15, 0.2) is 0 Å². The van der Waals surface area contributed by atoms with E-state index in [2.05, 4.69) is 34.7 Å². The molecule has 1 unspecified atom stereocenters. The van der Waals surface area contributed by atoms with E-state index in [-0.39, 0.29) is 6.04 Å². The maximum Gasteiger partial charge on any atom is 0.0809 e. The van der Waals surface area contributed by atoms with E-state index in [0.29, 0.717) is 0 Å². The Morgan fingerprint density at radius 2 is 2.10 bits per heavy atom. The third-order valence-corrected chi connectivity index (χ3v) is 4.49. The van der Waals surface area contributed by atoms with Crippen LogP contribution in [-0.2, 0) is 0 Å². The van der Waals surface area contributed by atoms with Gasteiger partial charge < -0.3 is 5.32 Å². The first-order valence-electron chi connectivity index (χ1n) is 6.49. The van der Waals surface area contributed by atoms with Crippen molar-refractivity contribution in [1.29, 1.82) is 0 Å². The predicted molar refractivity (Wildman–Crippen MR) is 87.8 cm³/mol. The van der Waals surface area contributed by atoms with Crippen LogP contribution in [0.3, 0.4) is 0 Å². The molecule has 0 saturated heterocycles. The van der Waals surface area contributed by atoms with Crippen molar-refractivity contribution in [2.24, 2.45) is 0 Å². The van der Waals surface area contributed by atoms with Crippen LogP contribution in [0.25, 0.3) is 10.2 Å². The van der Waals surface area contributed by atoms with Crippen molar-refractivity contribution in [1.82, 2.24) is 4.98 Å². The molecule has 0 fully saturated rings. The van der Waals surface area contributed by atoms with E-state index in [1.165, 1.54) is 4.70 Å². The van der Waals surface area contributed by atoms with Crippen LogP contribution in [0.5, 0.6) is 0 Å². The second kappa shape index (κ2) is 5.43. The normalized spacial score (nSPS) is 12.6. The highest BCUT2D eigenvalue weighted by molar-refractivity contribution is 7.17. The molecule has 0 radical (unpaired) electrons. The van der Waals surface area contributed by atoms with Crippen molar-refractivity contribution >= 4 is 38.8 Å². The van der Waals surface area contributed by atoms with Crippen molar-refractivity contribution in [3.05, 3.63) is 58.1 Å². The van der Waals surface area contributed by atoms with E-state index >= 15 is 0 Å². The van der Waals surface area contributed by atoms with Gasteiger partial charge in [0.25, 0.3) is 0 Å². The SMILES string of the molecule is Cc1ccc(NC(C)c2cnc3ccsc3c2)c(Cl)c1. The first-order chi connectivity index (χ1) is 9.63. The Bertz CT molecular complexity index is 751. The van der Waals surface area contributed by atoms with E-state index in [4.69, 9.17) is 11.6 Å². The average molecular weight is 303 g/mol. The molecule has 0 aliphatic rings. The fraction of sp³-hybridized carbons (Fsp3) is 0.188. The van der Waals surface area contributed by atoms with Gasteiger partial charge in [0.05, 0.1) is 27.0 Å². The molecule has 0 aliphatic heterocycles. The molecule has 0 spiro atoms. The van der Waals surface area contributed by atoms with Crippen molar-refractivity contribution in [3.8, 4) is 0 Å². The lowest BCUT2D eigenvalue weighted by Gasteiger charge is -2.17. The number of benzene rings is 1. The van der Waals surface area contributed by atoms with Crippen molar-refractivity contribution in [2.75, 3.05) is 5.32 Å². The average Bonchev–Trinajstić information content (AvgIpc) is 2.89. The quantitative estimate of drug-likeness (QED) is 0.697. The number of rotatable bonds is 3. The second-order valence-electron chi connectivity index (χ2n) is 4.92. The van der Waals surface area contributed by atoms with Gasteiger partial charge in [-0.25, -0.2) is 0 Å². The Morgan fingerprint density at radius 1 is 1.25 bits per heavy atom. The summed E-state index contributed by atoms with van der Waals surface area (Å²) in [6, 6.07) is 10.4. The van der Waals surface area contributed by atoms with Crippen LogP contribution >= 0.6 is 22.9 Å². The third-order valence-electron chi connectivity index (χ3n) is 3.32. The number of pyridine rings is 1. The van der Waals surface area contributed by atoms with Gasteiger partial charge >= 0.3 is 0 Å². The van der Waals surface area contributed by atoms with Crippen LogP contribution in [0.1, 0.15) is 24.1 Å². The summed E-state index contributed by atoms with van der Waals surface area (Å²) in [5, 5.41) is 6.26. The summed E-state index contributed by atoms with van der Waals surface area (Å²) in [6.07, 6.45) is 1.93. The standard InChI is InChI=1S/C16H15ClN2S/c1-10-3-4-14(13(17)7-10)19-11(2)12-8-16-15(18-9-12)5-6-20-16/h3-9,11,19H,1-2H3. The third kappa shape index (κ3) is 2.65. The van der Waals surface area contributed by atoms with Gasteiger partial charge in [-0.2, -0.15) is 0 Å². The molecular weight excluding hydrogens is 288 g/mol. The molecule has 4 heteroatoms. The second-order valence-corrected chi connectivity index (χ2v) is 6.28. The number of nitrogens with zero attached hydrogens (tertiary/aromatic N) is 1. The molecule has 1 aromatic carbocycles. The zero-order valence-electron chi connectivity index (χ0n) is 11.4. The molecule has 1 N–H and O–H groups in total. The Balaban J connectivity index is 1.86. The van der Waals surface area contributed by atoms with Gasteiger partial charge in [-0.05, 0) is 54.6 Å². The lowest BCUT2D eigenvalue weighted by Crippen LogP contribution is -2.07. The Kier molecular flexibility index (Phi) is 3.64. The molecule has 2 nitrogen and oxygen atoms in total. The van der Waals surface area contributed by atoms with Crippen molar-refractivity contribution in [3.63, 3.8) is 0 Å². The van der Waals surface area contributed by atoms with Gasteiger partial charge in [-0.15, -0.1) is 11.3 Å². The number of halogens is 1. The number of thiophene rings is 1. The molecule has 102 valence electrons. The number of aromatic nitrogens is 1. The summed E-state index contributed by atoms with van der Waals surface area (Å²) >= 11 is 7.98. The van der Waals surface area contributed by atoms with E-state index in [9.17, 15) is 0 Å². The number of aryl methyl sites for hydroxylation is 1. The highest BCUT2D eigenvalue weighted by Gasteiger charge is 2.09. The predicted octanol–water partition coefficient (Wildman–Crippen LogP) is 5.43. The molecule has 0 bridgehead atoms. The van der Waals surface area contributed by atoms with Crippen LogP contribution in [0.2, 0.25) is 5.02 Å². The molecule has 0 amide bonds. The largest absolute Gasteiger partial charge is 0.377 e. The molecule has 3 rings (SSSR count). The molecule has 20 heavy (non-hydrogen) atoms. The summed E-state index contributed by atoms with van der Waals surface area (Å²) in [6.45, 7) is 4.15. The highest BCUT2D eigenvalue weighted by atomic mass is 35.5. The van der Waals surface area contributed by atoms with Gasteiger partial charge in [0.2, 0.25) is 0 Å². The minimum absolute atomic E-state index is 0.161. The van der Waals surface area contributed by atoms with Gasteiger partial charge in [-0.3, -0.25) is 4.98 Å². The van der Waals surface area contributed by atoms with Crippen LogP contribution < -0.4 is 5.32 Å². The first-order valence-corrected chi connectivity index (χ1v) is 7.75. The Hall–Kier alpha value is -1.58. The van der Waals surface area contributed by atoms with Gasteiger partial charge in [-0.1, -0.05) is 17.7 Å². The lowest BCUT2D eigenvalue weighted by atomic mass is 10.1. The summed E-state index contributed by atoms with van der Waals surface area (Å²) in [7, 11) is 0. The molecule has 2 heterocycles. The molecule has 0 aliphatic carbocycles. The highest BCUT2D eigenvalue weighted by Crippen LogP contribution is 2.28. The number of hydrogen-bond donors (Lipinski definition) is 1. The van der Waals surface area contributed by atoms with E-state index in [0.717, 1.165) is 27.4 Å². The fourth-order valence-corrected chi connectivity index (χ4v) is 3.23. The Morgan fingerprint density at radius 3 is 2.90 bits per heavy atom. The van der Waals surface area contributed by atoms with Gasteiger partial charge in [0, 0.05) is 6.20 Å². The molecule has 2 aromatic heterocycles. The molecule has 1 atom stereocenters. The van der Waals surface area contributed by atoms with Crippen LogP contribution in [0.15, 0.2) is 41.9 Å². The monoisotopic (exact) mass is 302 g/mol. The fourth-order valence-electron chi connectivity index (χ4n) is 2.15. The van der Waals surface area contributed by atoms with Crippen LogP contribution in [-0.4, -0.2) is 4.98 Å². The van der Waals surface area contributed by atoms with Crippen LogP contribution in [0, 0.1) is 6.92 Å². The minimum atomic E-state index is 0.161. The topological polar surface area (TPSA) is 24.9 Å². The van der Waals surface area contributed by atoms with Crippen LogP contribution in [0.4, 0.5) is 5.69 Å². The minimum Gasteiger partial charge on any atom is -0.377 e. The molecular formula is C16H15ClN2S.